The maximum atomic E-state index is 12.1. The fraction of sp³-hybridized carbons (Fsp3) is 0.182. The molecule has 0 aliphatic carbocycles. The number of hydrogen-bond donors (Lipinski definition) is 2. The van der Waals surface area contributed by atoms with E-state index in [4.69, 9.17) is 15.5 Å². The third-order valence-corrected chi connectivity index (χ3v) is 1.53. The average Bonchev–Trinajstić information content (AvgIpc) is 2.28. The van der Waals surface area contributed by atoms with Crippen LogP contribution in [0.1, 0.15) is 18.4 Å². The van der Waals surface area contributed by atoms with Crippen LogP contribution in [0.5, 0.6) is 0 Å². The normalized spacial score (nSPS) is 8.47. The van der Waals surface area contributed by atoms with E-state index in [-0.39, 0.29) is 18.7 Å². The molecule has 0 bridgehead atoms. The number of nitrogens with zero attached hydrogens (tertiary/aromatic N) is 1. The molecule has 1 aromatic rings. The summed E-state index contributed by atoms with van der Waals surface area (Å²) in [7, 11) is 0. The van der Waals surface area contributed by atoms with Crippen molar-refractivity contribution in [2.75, 3.05) is 0 Å². The van der Waals surface area contributed by atoms with E-state index in [1.165, 1.54) is 24.3 Å². The van der Waals surface area contributed by atoms with E-state index in [1.807, 2.05) is 6.07 Å². The number of carbonyl (C=O) groups is 2. The van der Waals surface area contributed by atoms with Gasteiger partial charge in [0, 0.05) is 0 Å². The van der Waals surface area contributed by atoms with Crippen molar-refractivity contribution in [3.63, 3.8) is 0 Å². The fourth-order valence-corrected chi connectivity index (χ4v) is 0.738. The molecule has 6 heteroatoms. The number of rotatable bonds is 3. The zero-order valence-electron chi connectivity index (χ0n) is 8.76. The summed E-state index contributed by atoms with van der Waals surface area (Å²) in [6, 6.07) is 7.29. The van der Waals surface area contributed by atoms with Gasteiger partial charge in [0.2, 0.25) is 0 Å². The molecule has 0 saturated carbocycles. The van der Waals surface area contributed by atoms with Gasteiger partial charge in [0.1, 0.15) is 5.82 Å². The molecule has 17 heavy (non-hydrogen) atoms. The standard InChI is InChI=1S/C7H4FN.C4H6O4/c8-7-3-1-6(5-9)2-4-7;5-3(6)1-2-4(7)8/h1-4H;1-2H2,(H,5,6)(H,7,8). The van der Waals surface area contributed by atoms with Gasteiger partial charge in [-0.15, -0.1) is 0 Å². The Morgan fingerprint density at radius 1 is 1.12 bits per heavy atom. The minimum atomic E-state index is -1.08. The van der Waals surface area contributed by atoms with Crippen molar-refractivity contribution in [3.05, 3.63) is 35.6 Å². The van der Waals surface area contributed by atoms with E-state index in [9.17, 15) is 14.0 Å². The molecule has 5 nitrogen and oxygen atoms in total. The van der Waals surface area contributed by atoms with Gasteiger partial charge in [-0.1, -0.05) is 0 Å². The summed E-state index contributed by atoms with van der Waals surface area (Å²) >= 11 is 0. The number of nitriles is 1. The second kappa shape index (κ2) is 7.82. The average molecular weight is 239 g/mol. The van der Waals surface area contributed by atoms with Crippen molar-refractivity contribution in [2.24, 2.45) is 0 Å². The Bertz CT molecular complexity index is 408. The zero-order valence-corrected chi connectivity index (χ0v) is 8.76. The van der Waals surface area contributed by atoms with E-state index in [0.29, 0.717) is 5.56 Å². The lowest BCUT2D eigenvalue weighted by Crippen LogP contribution is -2.00. The third kappa shape index (κ3) is 8.57. The van der Waals surface area contributed by atoms with Crippen LogP contribution in [-0.4, -0.2) is 22.2 Å². The van der Waals surface area contributed by atoms with Crippen LogP contribution in [0.15, 0.2) is 24.3 Å². The van der Waals surface area contributed by atoms with Crippen LogP contribution in [0.3, 0.4) is 0 Å². The zero-order chi connectivity index (χ0) is 13.3. The van der Waals surface area contributed by atoms with Crippen molar-refractivity contribution < 1.29 is 24.2 Å². The van der Waals surface area contributed by atoms with Crippen LogP contribution in [0.4, 0.5) is 4.39 Å². The minimum absolute atomic E-state index is 0.296. The number of hydrogen-bond acceptors (Lipinski definition) is 3. The highest BCUT2D eigenvalue weighted by Gasteiger charge is 2.00. The molecular weight excluding hydrogens is 229 g/mol. The molecule has 0 unspecified atom stereocenters. The van der Waals surface area contributed by atoms with Crippen molar-refractivity contribution in [2.45, 2.75) is 12.8 Å². The number of aliphatic carboxylic acids is 2. The number of carboxylic acids is 2. The highest BCUT2D eigenvalue weighted by molar-refractivity contribution is 5.75. The monoisotopic (exact) mass is 239 g/mol. The molecule has 0 aliphatic rings. The Morgan fingerprint density at radius 3 is 1.82 bits per heavy atom. The van der Waals surface area contributed by atoms with Crippen LogP contribution in [0.25, 0.3) is 0 Å². The second-order valence-electron chi connectivity index (χ2n) is 2.91. The molecule has 0 heterocycles. The number of halogens is 1. The van der Waals surface area contributed by atoms with Crippen molar-refractivity contribution in [3.8, 4) is 6.07 Å². The smallest absolute Gasteiger partial charge is 0.303 e. The minimum Gasteiger partial charge on any atom is -0.481 e. The van der Waals surface area contributed by atoms with E-state index < -0.39 is 11.9 Å². The predicted molar refractivity (Wildman–Crippen MR) is 55.6 cm³/mol. The summed E-state index contributed by atoms with van der Waals surface area (Å²) in [6.45, 7) is 0. The lowest BCUT2D eigenvalue weighted by atomic mass is 10.2. The first-order valence-electron chi connectivity index (χ1n) is 4.55. The van der Waals surface area contributed by atoms with Gasteiger partial charge in [-0.2, -0.15) is 5.26 Å². The van der Waals surface area contributed by atoms with E-state index in [0.717, 1.165) is 0 Å². The van der Waals surface area contributed by atoms with Crippen LogP contribution >= 0.6 is 0 Å². The first-order chi connectivity index (χ1) is 7.95. The van der Waals surface area contributed by atoms with Crippen molar-refractivity contribution in [1.82, 2.24) is 0 Å². The molecular formula is C11H10FNO4. The fourth-order valence-electron chi connectivity index (χ4n) is 0.738. The molecule has 0 aromatic heterocycles. The molecule has 2 N–H and O–H groups in total. The quantitative estimate of drug-likeness (QED) is 0.835. The molecule has 0 atom stereocenters. The van der Waals surface area contributed by atoms with Crippen molar-refractivity contribution in [1.29, 1.82) is 5.26 Å². The summed E-state index contributed by atoms with van der Waals surface area (Å²) in [5, 5.41) is 24.1. The Kier molecular flexibility index (Phi) is 6.71. The highest BCUT2D eigenvalue weighted by Crippen LogP contribution is 1.99. The van der Waals surface area contributed by atoms with Crippen LogP contribution in [0, 0.1) is 17.1 Å². The maximum absolute atomic E-state index is 12.1. The summed E-state index contributed by atoms with van der Waals surface area (Å²) in [5.41, 5.74) is 0.483. The van der Waals surface area contributed by atoms with Gasteiger partial charge < -0.3 is 10.2 Å². The SMILES string of the molecule is N#Cc1ccc(F)cc1.O=C(O)CCC(=O)O. The molecule has 1 rings (SSSR count). The molecule has 0 spiro atoms. The lowest BCUT2D eigenvalue weighted by molar-refractivity contribution is -0.143. The van der Waals surface area contributed by atoms with Crippen molar-refractivity contribution >= 4 is 11.9 Å². The number of benzene rings is 1. The summed E-state index contributed by atoms with van der Waals surface area (Å²) in [6.07, 6.45) is -0.593. The third-order valence-electron chi connectivity index (χ3n) is 1.53. The van der Waals surface area contributed by atoms with Gasteiger partial charge in [0.15, 0.2) is 0 Å². The Morgan fingerprint density at radius 2 is 1.53 bits per heavy atom. The maximum Gasteiger partial charge on any atom is 0.303 e. The van der Waals surface area contributed by atoms with Crippen LogP contribution in [-0.2, 0) is 9.59 Å². The van der Waals surface area contributed by atoms with Crippen LogP contribution in [0.2, 0.25) is 0 Å². The Hall–Kier alpha value is -2.42. The largest absolute Gasteiger partial charge is 0.481 e. The summed E-state index contributed by atoms with van der Waals surface area (Å²) in [4.78, 5) is 19.3. The molecule has 0 saturated heterocycles. The molecule has 0 aliphatic heterocycles. The molecule has 0 fully saturated rings. The Labute approximate surface area is 96.7 Å². The number of carboxylic acid groups (broad SMARTS) is 2. The molecule has 90 valence electrons. The van der Waals surface area contributed by atoms with Gasteiger partial charge >= 0.3 is 11.9 Å². The van der Waals surface area contributed by atoms with Gasteiger partial charge in [-0.25, -0.2) is 4.39 Å². The van der Waals surface area contributed by atoms with E-state index in [2.05, 4.69) is 0 Å². The highest BCUT2D eigenvalue weighted by atomic mass is 19.1. The van der Waals surface area contributed by atoms with E-state index in [1.54, 1.807) is 0 Å². The molecule has 1 aromatic carbocycles. The van der Waals surface area contributed by atoms with Gasteiger partial charge in [0.05, 0.1) is 24.5 Å². The van der Waals surface area contributed by atoms with Gasteiger partial charge in [0.25, 0.3) is 0 Å². The first kappa shape index (κ1) is 14.6. The van der Waals surface area contributed by atoms with E-state index >= 15 is 0 Å². The first-order valence-corrected chi connectivity index (χ1v) is 4.55. The lowest BCUT2D eigenvalue weighted by Gasteiger charge is -1.85. The van der Waals surface area contributed by atoms with Gasteiger partial charge in [-0.05, 0) is 24.3 Å². The summed E-state index contributed by atoms with van der Waals surface area (Å²) in [5.74, 6) is -2.46. The Balaban J connectivity index is 0.000000304. The van der Waals surface area contributed by atoms with Gasteiger partial charge in [-0.3, -0.25) is 9.59 Å². The molecule has 0 radical (unpaired) electrons. The second-order valence-corrected chi connectivity index (χ2v) is 2.91. The molecule has 0 amide bonds. The topological polar surface area (TPSA) is 98.4 Å². The van der Waals surface area contributed by atoms with Crippen LogP contribution < -0.4 is 0 Å². The predicted octanol–water partition coefficient (Wildman–Crippen LogP) is 1.63. The summed E-state index contributed by atoms with van der Waals surface area (Å²) < 4.78 is 12.1.